The van der Waals surface area contributed by atoms with Gasteiger partial charge in [-0.15, -0.1) is 0 Å². The summed E-state index contributed by atoms with van der Waals surface area (Å²) in [5.74, 6) is 1.55. The summed E-state index contributed by atoms with van der Waals surface area (Å²) in [6, 6.07) is 18.8. The highest BCUT2D eigenvalue weighted by Crippen LogP contribution is 2.21. The van der Waals surface area contributed by atoms with Crippen LogP contribution < -0.4 is 10.2 Å². The molecule has 1 N–H and O–H groups in total. The Morgan fingerprint density at radius 1 is 1.04 bits per heavy atom. The van der Waals surface area contributed by atoms with Crippen molar-refractivity contribution in [3.05, 3.63) is 71.2 Å². The lowest BCUT2D eigenvalue weighted by molar-refractivity contribution is 0.398. The van der Waals surface area contributed by atoms with Gasteiger partial charge in [-0.3, -0.25) is 5.43 Å². The zero-order valence-electron chi connectivity index (χ0n) is 13.0. The summed E-state index contributed by atoms with van der Waals surface area (Å²) in [5.41, 5.74) is 4.60. The Labute approximate surface area is 145 Å². The maximum atomic E-state index is 6.09. The number of nitrogens with zero attached hydrogens (tertiary/aromatic N) is 3. The Hall–Kier alpha value is -2.92. The number of nitrogens with one attached hydrogen (secondary N) is 1. The van der Waals surface area contributed by atoms with E-state index >= 15 is 0 Å². The number of ether oxygens (including phenoxy) is 1. The molecule has 2 aromatic carbocycles. The second-order valence-corrected chi connectivity index (χ2v) is 5.28. The minimum absolute atomic E-state index is 0.458. The Bertz CT molecular complexity index is 853. The molecule has 120 valence electrons. The summed E-state index contributed by atoms with van der Waals surface area (Å²) in [6.07, 6.45) is 1.64. The Kier molecular flexibility index (Phi) is 5.03. The third-order valence-corrected chi connectivity index (χ3v) is 3.58. The number of hydrogen-bond donors (Lipinski definition) is 1. The standard InChI is InChI=1S/C18H15ClN4O/c1-24-17-11-16(21-18(22-17)13-7-3-2-4-8-13)23-20-12-14-9-5-6-10-15(14)19/h2-12H,1H3,(H,21,22,23)/b20-12+. The van der Waals surface area contributed by atoms with Gasteiger partial charge in [-0.25, -0.2) is 4.98 Å². The monoisotopic (exact) mass is 338 g/mol. The SMILES string of the molecule is COc1cc(N/N=C/c2ccccc2Cl)nc(-c2ccccc2)n1. The molecule has 0 saturated carbocycles. The molecule has 3 aromatic rings. The molecule has 6 heteroatoms. The minimum atomic E-state index is 0.458. The zero-order valence-corrected chi connectivity index (χ0v) is 13.7. The van der Waals surface area contributed by atoms with Crippen molar-refractivity contribution in [3.63, 3.8) is 0 Å². The van der Waals surface area contributed by atoms with Crippen LogP contribution in [-0.2, 0) is 0 Å². The first kappa shape index (κ1) is 16.0. The van der Waals surface area contributed by atoms with E-state index in [1.54, 1.807) is 19.4 Å². The first-order valence-corrected chi connectivity index (χ1v) is 7.66. The third kappa shape index (κ3) is 3.88. The van der Waals surface area contributed by atoms with E-state index in [4.69, 9.17) is 16.3 Å². The van der Waals surface area contributed by atoms with Gasteiger partial charge in [0.15, 0.2) is 11.6 Å². The van der Waals surface area contributed by atoms with Crippen LogP contribution in [0.15, 0.2) is 65.8 Å². The van der Waals surface area contributed by atoms with Crippen LogP contribution in [0.4, 0.5) is 5.82 Å². The Morgan fingerprint density at radius 3 is 2.54 bits per heavy atom. The molecule has 5 nitrogen and oxygen atoms in total. The zero-order chi connectivity index (χ0) is 16.8. The number of methoxy groups -OCH3 is 1. The van der Waals surface area contributed by atoms with Crippen LogP contribution in [0.3, 0.4) is 0 Å². The molecular weight excluding hydrogens is 324 g/mol. The second kappa shape index (κ2) is 7.57. The van der Waals surface area contributed by atoms with Crippen molar-refractivity contribution in [2.24, 2.45) is 5.10 Å². The average molecular weight is 339 g/mol. The highest BCUT2D eigenvalue weighted by molar-refractivity contribution is 6.33. The molecule has 0 amide bonds. The smallest absolute Gasteiger partial charge is 0.218 e. The van der Waals surface area contributed by atoms with Crippen molar-refractivity contribution in [1.82, 2.24) is 9.97 Å². The predicted octanol–water partition coefficient (Wildman–Crippen LogP) is 4.25. The van der Waals surface area contributed by atoms with Gasteiger partial charge in [-0.2, -0.15) is 10.1 Å². The van der Waals surface area contributed by atoms with Gasteiger partial charge in [0.05, 0.1) is 13.3 Å². The van der Waals surface area contributed by atoms with E-state index < -0.39 is 0 Å². The number of halogens is 1. The first-order valence-electron chi connectivity index (χ1n) is 7.28. The molecule has 0 unspecified atom stereocenters. The van der Waals surface area contributed by atoms with E-state index in [0.717, 1.165) is 11.1 Å². The summed E-state index contributed by atoms with van der Waals surface area (Å²) < 4.78 is 5.24. The molecule has 0 aliphatic rings. The topological polar surface area (TPSA) is 59.4 Å². The molecule has 0 aliphatic carbocycles. The van der Waals surface area contributed by atoms with E-state index in [0.29, 0.717) is 22.5 Å². The maximum Gasteiger partial charge on any atom is 0.218 e. The van der Waals surface area contributed by atoms with Crippen LogP contribution in [-0.4, -0.2) is 23.3 Å². The highest BCUT2D eigenvalue weighted by Gasteiger charge is 2.06. The van der Waals surface area contributed by atoms with Crippen LogP contribution in [0.2, 0.25) is 5.02 Å². The van der Waals surface area contributed by atoms with Gasteiger partial charge in [0, 0.05) is 22.2 Å². The van der Waals surface area contributed by atoms with E-state index in [1.807, 2.05) is 54.6 Å². The van der Waals surface area contributed by atoms with E-state index in [2.05, 4.69) is 20.5 Å². The second-order valence-electron chi connectivity index (χ2n) is 4.88. The van der Waals surface area contributed by atoms with E-state index in [1.165, 1.54) is 0 Å². The summed E-state index contributed by atoms with van der Waals surface area (Å²) in [7, 11) is 1.56. The predicted molar refractivity (Wildman–Crippen MR) is 96.7 cm³/mol. The van der Waals surface area contributed by atoms with Gasteiger partial charge < -0.3 is 4.74 Å². The molecule has 0 spiro atoms. The lowest BCUT2D eigenvalue weighted by Gasteiger charge is -2.07. The number of rotatable bonds is 5. The molecule has 0 atom stereocenters. The van der Waals surface area contributed by atoms with Crippen LogP contribution >= 0.6 is 11.6 Å². The van der Waals surface area contributed by atoms with Gasteiger partial charge in [0.2, 0.25) is 5.88 Å². The number of aromatic nitrogens is 2. The molecule has 1 aromatic heterocycles. The largest absolute Gasteiger partial charge is 0.481 e. The van der Waals surface area contributed by atoms with Crippen molar-refractivity contribution in [3.8, 4) is 17.3 Å². The molecule has 0 saturated heterocycles. The first-order chi connectivity index (χ1) is 11.8. The van der Waals surface area contributed by atoms with Crippen LogP contribution in [0.1, 0.15) is 5.56 Å². The normalized spacial score (nSPS) is 10.8. The lowest BCUT2D eigenvalue weighted by Crippen LogP contribution is -1.99. The number of anilines is 1. The fourth-order valence-electron chi connectivity index (χ4n) is 2.05. The van der Waals surface area contributed by atoms with E-state index in [-0.39, 0.29) is 0 Å². The number of hydrazone groups is 1. The van der Waals surface area contributed by atoms with Crippen LogP contribution in [0, 0.1) is 0 Å². The molecule has 3 rings (SSSR count). The van der Waals surface area contributed by atoms with Crippen molar-refractivity contribution in [2.45, 2.75) is 0 Å². The van der Waals surface area contributed by atoms with Gasteiger partial charge in [0.25, 0.3) is 0 Å². The van der Waals surface area contributed by atoms with Crippen LogP contribution in [0.25, 0.3) is 11.4 Å². The van der Waals surface area contributed by atoms with Crippen LogP contribution in [0.5, 0.6) is 5.88 Å². The van der Waals surface area contributed by atoms with Crippen molar-refractivity contribution in [1.29, 1.82) is 0 Å². The van der Waals surface area contributed by atoms with Crippen molar-refractivity contribution < 1.29 is 4.74 Å². The molecule has 0 fully saturated rings. The minimum Gasteiger partial charge on any atom is -0.481 e. The quantitative estimate of drug-likeness (QED) is 0.558. The highest BCUT2D eigenvalue weighted by atomic mass is 35.5. The molecular formula is C18H15ClN4O. The number of hydrogen-bond acceptors (Lipinski definition) is 5. The van der Waals surface area contributed by atoms with Crippen molar-refractivity contribution in [2.75, 3.05) is 12.5 Å². The molecule has 0 radical (unpaired) electrons. The molecule has 24 heavy (non-hydrogen) atoms. The molecule has 0 bridgehead atoms. The Morgan fingerprint density at radius 2 is 1.79 bits per heavy atom. The third-order valence-electron chi connectivity index (χ3n) is 3.23. The number of benzene rings is 2. The summed E-state index contributed by atoms with van der Waals surface area (Å²) in [4.78, 5) is 8.81. The van der Waals surface area contributed by atoms with Crippen molar-refractivity contribution >= 4 is 23.6 Å². The van der Waals surface area contributed by atoms with Gasteiger partial charge in [-0.1, -0.05) is 60.1 Å². The summed E-state index contributed by atoms with van der Waals surface area (Å²) >= 11 is 6.09. The molecule has 0 aliphatic heterocycles. The fraction of sp³-hybridized carbons (Fsp3) is 0.0556. The summed E-state index contributed by atoms with van der Waals surface area (Å²) in [5, 5.41) is 4.81. The molecule has 1 heterocycles. The lowest BCUT2D eigenvalue weighted by atomic mass is 10.2. The fourth-order valence-corrected chi connectivity index (χ4v) is 2.24. The summed E-state index contributed by atoms with van der Waals surface area (Å²) in [6.45, 7) is 0. The van der Waals surface area contributed by atoms with E-state index in [9.17, 15) is 0 Å². The Balaban J connectivity index is 1.84. The maximum absolute atomic E-state index is 6.09. The average Bonchev–Trinajstić information content (AvgIpc) is 2.64. The van der Waals surface area contributed by atoms with Gasteiger partial charge >= 0.3 is 0 Å². The van der Waals surface area contributed by atoms with Gasteiger partial charge in [-0.05, 0) is 6.07 Å². The van der Waals surface area contributed by atoms with Gasteiger partial charge in [0.1, 0.15) is 0 Å².